The first-order valence-corrected chi connectivity index (χ1v) is 25.1. The summed E-state index contributed by atoms with van der Waals surface area (Å²) in [6.45, 7) is 36.8. The third kappa shape index (κ3) is 8.30. The number of benzene rings is 7. The van der Waals surface area contributed by atoms with Gasteiger partial charge < -0.3 is 14.2 Å². The molecule has 3 heterocycles. The number of aryl methyl sites for hydroxylation is 1. The Hall–Kier alpha value is -6.33. The monoisotopic (exact) mass is 908 g/mol. The van der Waals surface area contributed by atoms with Gasteiger partial charge in [0.2, 0.25) is 5.89 Å². The molecule has 0 radical (unpaired) electrons. The van der Waals surface area contributed by atoms with Crippen molar-refractivity contribution in [2.75, 3.05) is 9.80 Å². The van der Waals surface area contributed by atoms with E-state index in [1.165, 1.54) is 78.0 Å². The molecule has 0 saturated carbocycles. The molecule has 0 amide bonds. The average Bonchev–Trinajstić information content (AvgIpc) is 3.69. The molecule has 0 unspecified atom stereocenters. The van der Waals surface area contributed by atoms with Crippen LogP contribution in [0.2, 0.25) is 0 Å². The molecule has 0 bridgehead atoms. The fraction of sp³-hybridized carbons (Fsp3) is 0.328. The summed E-state index contributed by atoms with van der Waals surface area (Å²) in [5.41, 5.74) is 23.6. The molecule has 7 aromatic carbocycles. The lowest BCUT2D eigenvalue weighted by molar-refractivity contribution is 0.568. The van der Waals surface area contributed by atoms with Crippen molar-refractivity contribution in [2.24, 2.45) is 0 Å². The average molecular weight is 908 g/mol. The van der Waals surface area contributed by atoms with E-state index < -0.39 is 0 Å². The molecule has 0 fully saturated rings. The third-order valence-electron chi connectivity index (χ3n) is 14.7. The zero-order valence-electron chi connectivity index (χ0n) is 44.0. The lowest BCUT2D eigenvalue weighted by atomic mass is 9.33. The van der Waals surface area contributed by atoms with Crippen molar-refractivity contribution in [3.05, 3.63) is 167 Å². The number of hydrogen-bond acceptors (Lipinski definition) is 4. The van der Waals surface area contributed by atoms with Crippen molar-refractivity contribution in [1.82, 2.24) is 4.98 Å². The van der Waals surface area contributed by atoms with Gasteiger partial charge in [0.05, 0.1) is 0 Å². The zero-order chi connectivity index (χ0) is 49.3. The fourth-order valence-electron chi connectivity index (χ4n) is 10.4. The maximum absolute atomic E-state index is 6.87. The highest BCUT2D eigenvalue weighted by molar-refractivity contribution is 7.00. The quantitative estimate of drug-likeness (QED) is 0.165. The second kappa shape index (κ2) is 15.9. The van der Waals surface area contributed by atoms with E-state index in [0.717, 1.165) is 33.7 Å². The van der Waals surface area contributed by atoms with Gasteiger partial charge >= 0.3 is 0 Å². The van der Waals surface area contributed by atoms with Gasteiger partial charge in [0.25, 0.3) is 6.71 Å². The largest absolute Gasteiger partial charge is 0.436 e. The number of oxazole rings is 1. The fourth-order valence-corrected chi connectivity index (χ4v) is 10.4. The van der Waals surface area contributed by atoms with Gasteiger partial charge in [0.1, 0.15) is 5.52 Å². The Morgan fingerprint density at radius 1 is 0.391 bits per heavy atom. The summed E-state index contributed by atoms with van der Waals surface area (Å²) in [5.74, 6) is 0.622. The van der Waals surface area contributed by atoms with Crippen LogP contribution in [0.5, 0.6) is 0 Å². The van der Waals surface area contributed by atoms with Crippen molar-refractivity contribution in [2.45, 2.75) is 138 Å². The van der Waals surface area contributed by atoms with E-state index >= 15 is 0 Å². The standard InChI is InChI=1S/C64H70BN3O/c1-39-31-55-58-56(32-39)68(49-34-46(63(11,12)13)33-47(35-49)64(14,15)16)54-38-57-52(66-59(69-57)42-19-17-40(18-20-42)41-21-23-43(24-22-41)60(2,3)4)37-51(54)65(58)50-36-45(62(8,9)10)27-30-53(50)67(55)48-28-25-44(26-29-48)61(5,6)7/h17-38H,1-16H3. The minimum atomic E-state index is -0.0727. The van der Waals surface area contributed by atoms with Crippen LogP contribution >= 0.6 is 0 Å². The molecule has 350 valence electrons. The summed E-state index contributed by atoms with van der Waals surface area (Å²) in [6, 6.07) is 50.9. The summed E-state index contributed by atoms with van der Waals surface area (Å²) in [5, 5.41) is 0. The molecule has 1 aromatic heterocycles. The molecular formula is C64H70BN3O. The summed E-state index contributed by atoms with van der Waals surface area (Å²) in [6.07, 6.45) is 0. The number of anilines is 6. The van der Waals surface area contributed by atoms with Crippen LogP contribution in [0.4, 0.5) is 34.1 Å². The smallest absolute Gasteiger partial charge is 0.252 e. The van der Waals surface area contributed by atoms with Crippen LogP contribution in [0.25, 0.3) is 33.7 Å². The van der Waals surface area contributed by atoms with Crippen LogP contribution in [0.15, 0.2) is 138 Å². The van der Waals surface area contributed by atoms with Gasteiger partial charge in [-0.15, -0.1) is 0 Å². The molecule has 5 heteroatoms. The lowest BCUT2D eigenvalue weighted by Crippen LogP contribution is -2.61. The predicted octanol–water partition coefficient (Wildman–Crippen LogP) is 16.0. The van der Waals surface area contributed by atoms with E-state index in [9.17, 15) is 0 Å². The first kappa shape index (κ1) is 46.4. The second-order valence-electron chi connectivity index (χ2n) is 25.2. The molecule has 2 aliphatic rings. The van der Waals surface area contributed by atoms with Crippen molar-refractivity contribution in [1.29, 1.82) is 0 Å². The number of rotatable bonds is 4. The molecule has 0 aliphatic carbocycles. The maximum Gasteiger partial charge on any atom is 0.252 e. The second-order valence-corrected chi connectivity index (χ2v) is 25.2. The molecule has 0 saturated heterocycles. The Bertz CT molecular complexity index is 3250. The van der Waals surface area contributed by atoms with Crippen LogP contribution in [0, 0.1) is 6.92 Å². The molecule has 8 aromatic rings. The highest BCUT2D eigenvalue weighted by Gasteiger charge is 2.45. The Morgan fingerprint density at radius 3 is 1.36 bits per heavy atom. The van der Waals surface area contributed by atoms with E-state index in [1.54, 1.807) is 0 Å². The van der Waals surface area contributed by atoms with E-state index in [2.05, 4.69) is 254 Å². The Morgan fingerprint density at radius 2 is 0.841 bits per heavy atom. The van der Waals surface area contributed by atoms with Crippen LogP contribution in [0.3, 0.4) is 0 Å². The third-order valence-corrected chi connectivity index (χ3v) is 14.7. The number of hydrogen-bond donors (Lipinski definition) is 0. The minimum Gasteiger partial charge on any atom is -0.436 e. The lowest BCUT2D eigenvalue weighted by Gasteiger charge is -2.45. The normalized spacial score (nSPS) is 14.0. The van der Waals surface area contributed by atoms with E-state index in [0.29, 0.717) is 5.89 Å². The SMILES string of the molecule is Cc1cc2c3c(c1)N(c1cc(C(C)(C)C)cc(C(C)(C)C)c1)c1cc4oc(-c5ccc(-c6ccc(C(C)(C)C)cc6)cc5)nc4cc1B3c1cc(C(C)(C)C)ccc1N2c1ccc(C(C)(C)C)cc1. The topological polar surface area (TPSA) is 32.5 Å². The Labute approximate surface area is 412 Å². The molecule has 2 aliphatic heterocycles. The van der Waals surface area contributed by atoms with Crippen LogP contribution < -0.4 is 26.2 Å². The highest BCUT2D eigenvalue weighted by Crippen LogP contribution is 2.48. The van der Waals surface area contributed by atoms with Crippen molar-refractivity contribution >= 4 is 68.3 Å². The van der Waals surface area contributed by atoms with Gasteiger partial charge in [-0.05, 0) is 156 Å². The Balaban J connectivity index is 1.22. The van der Waals surface area contributed by atoms with Gasteiger partial charge in [-0.3, -0.25) is 0 Å². The van der Waals surface area contributed by atoms with Crippen LogP contribution in [-0.4, -0.2) is 11.7 Å². The van der Waals surface area contributed by atoms with Gasteiger partial charge in [0, 0.05) is 45.8 Å². The molecule has 0 N–H and O–H groups in total. The van der Waals surface area contributed by atoms with E-state index in [-0.39, 0.29) is 33.8 Å². The number of aromatic nitrogens is 1. The predicted molar refractivity (Wildman–Crippen MR) is 297 cm³/mol. The van der Waals surface area contributed by atoms with Crippen molar-refractivity contribution < 1.29 is 4.42 Å². The number of fused-ring (bicyclic) bond motifs is 5. The van der Waals surface area contributed by atoms with Crippen molar-refractivity contribution in [3.8, 4) is 22.6 Å². The highest BCUT2D eigenvalue weighted by atomic mass is 16.3. The van der Waals surface area contributed by atoms with Gasteiger partial charge in [-0.2, -0.15) is 0 Å². The molecule has 4 nitrogen and oxygen atoms in total. The molecular weight excluding hydrogens is 838 g/mol. The molecule has 10 rings (SSSR count). The molecule has 0 atom stereocenters. The molecule has 0 spiro atoms. The minimum absolute atomic E-state index is 0.0416. The van der Waals surface area contributed by atoms with Gasteiger partial charge in [-0.1, -0.05) is 171 Å². The maximum atomic E-state index is 6.87. The molecule has 69 heavy (non-hydrogen) atoms. The summed E-state index contributed by atoms with van der Waals surface area (Å²) < 4.78 is 6.87. The first-order valence-electron chi connectivity index (χ1n) is 25.1. The van der Waals surface area contributed by atoms with Crippen LogP contribution in [0.1, 0.15) is 137 Å². The summed E-state index contributed by atoms with van der Waals surface area (Å²) >= 11 is 0. The van der Waals surface area contributed by atoms with Gasteiger partial charge in [-0.25, -0.2) is 4.98 Å². The van der Waals surface area contributed by atoms with Gasteiger partial charge in [0.15, 0.2) is 5.58 Å². The summed E-state index contributed by atoms with van der Waals surface area (Å²) in [4.78, 5) is 10.4. The zero-order valence-corrected chi connectivity index (χ0v) is 44.0. The summed E-state index contributed by atoms with van der Waals surface area (Å²) in [7, 11) is 0. The number of nitrogens with zero attached hydrogens (tertiary/aromatic N) is 3. The van der Waals surface area contributed by atoms with E-state index in [4.69, 9.17) is 9.40 Å². The Kier molecular flexibility index (Phi) is 10.7. The van der Waals surface area contributed by atoms with Crippen LogP contribution in [-0.2, 0) is 27.1 Å². The first-order chi connectivity index (χ1) is 32.2. The van der Waals surface area contributed by atoms with Crippen molar-refractivity contribution in [3.63, 3.8) is 0 Å². The van der Waals surface area contributed by atoms with E-state index in [1.807, 2.05) is 0 Å².